The summed E-state index contributed by atoms with van der Waals surface area (Å²) in [4.78, 5) is 26.2. The van der Waals surface area contributed by atoms with Crippen LogP contribution in [0.4, 0.5) is 0 Å². The zero-order chi connectivity index (χ0) is 18.7. The van der Waals surface area contributed by atoms with Crippen LogP contribution in [0.1, 0.15) is 40.2 Å². The molecule has 1 heterocycles. The Labute approximate surface area is 144 Å². The molecule has 0 saturated carbocycles. The standard InChI is InChI=1S/C14H18N4O2.2C2H6/c1-8(15)14(20)18-12(13(16)19)6-9-7-17-11-5-3-2-4-10(9)11;2*1-2/h2-5,7-8,12,17H,6,15H2,1H3,(H2,16,19)(H,18,20);2*1-2H3/t8-,12-;;/m0../s1. The van der Waals surface area contributed by atoms with Crippen LogP contribution in [-0.2, 0) is 16.0 Å². The summed E-state index contributed by atoms with van der Waals surface area (Å²) in [7, 11) is 0. The van der Waals surface area contributed by atoms with Crippen molar-refractivity contribution in [3.05, 3.63) is 36.0 Å². The van der Waals surface area contributed by atoms with E-state index in [-0.39, 0.29) is 0 Å². The Kier molecular flexibility index (Phi) is 10.1. The van der Waals surface area contributed by atoms with Gasteiger partial charge in [-0.25, -0.2) is 0 Å². The van der Waals surface area contributed by atoms with Gasteiger partial charge in [-0.1, -0.05) is 45.9 Å². The second kappa shape index (κ2) is 11.2. The zero-order valence-corrected chi connectivity index (χ0v) is 15.2. The van der Waals surface area contributed by atoms with Crippen molar-refractivity contribution in [2.45, 2.75) is 53.1 Å². The minimum atomic E-state index is -0.771. The highest BCUT2D eigenvalue weighted by molar-refractivity contribution is 5.90. The predicted octanol–water partition coefficient (Wildman–Crippen LogP) is 2.08. The van der Waals surface area contributed by atoms with Gasteiger partial charge in [-0.3, -0.25) is 9.59 Å². The second-order valence-corrected chi connectivity index (χ2v) is 4.82. The summed E-state index contributed by atoms with van der Waals surface area (Å²) >= 11 is 0. The number of nitrogens with one attached hydrogen (secondary N) is 2. The van der Waals surface area contributed by atoms with Crippen molar-refractivity contribution in [3.63, 3.8) is 0 Å². The molecule has 0 aliphatic rings. The quantitative estimate of drug-likeness (QED) is 0.671. The van der Waals surface area contributed by atoms with Crippen molar-refractivity contribution in [1.82, 2.24) is 10.3 Å². The molecule has 2 aromatic rings. The lowest BCUT2D eigenvalue weighted by atomic mass is 10.0. The van der Waals surface area contributed by atoms with Gasteiger partial charge < -0.3 is 21.8 Å². The number of hydrogen-bond acceptors (Lipinski definition) is 3. The van der Waals surface area contributed by atoms with E-state index in [9.17, 15) is 9.59 Å². The van der Waals surface area contributed by atoms with E-state index in [0.29, 0.717) is 6.42 Å². The highest BCUT2D eigenvalue weighted by Gasteiger charge is 2.21. The van der Waals surface area contributed by atoms with Crippen molar-refractivity contribution in [2.75, 3.05) is 0 Å². The Hall–Kier alpha value is -2.34. The molecular formula is C18H30N4O2. The topological polar surface area (TPSA) is 114 Å². The van der Waals surface area contributed by atoms with Gasteiger partial charge in [-0.15, -0.1) is 0 Å². The first-order chi connectivity index (χ1) is 11.5. The number of aromatic nitrogens is 1. The van der Waals surface area contributed by atoms with Gasteiger partial charge in [0, 0.05) is 23.5 Å². The van der Waals surface area contributed by atoms with Gasteiger partial charge in [-0.2, -0.15) is 0 Å². The number of rotatable bonds is 5. The summed E-state index contributed by atoms with van der Waals surface area (Å²) < 4.78 is 0. The maximum atomic E-state index is 11.6. The number of fused-ring (bicyclic) bond motifs is 1. The molecule has 2 atom stereocenters. The number of H-pyrrole nitrogens is 1. The van der Waals surface area contributed by atoms with Gasteiger partial charge in [0.1, 0.15) is 6.04 Å². The van der Waals surface area contributed by atoms with Crippen LogP contribution in [0.2, 0.25) is 0 Å². The summed E-state index contributed by atoms with van der Waals surface area (Å²) in [5, 5.41) is 3.57. The molecule has 1 aromatic carbocycles. The summed E-state index contributed by atoms with van der Waals surface area (Å²) in [6.07, 6.45) is 2.15. The largest absolute Gasteiger partial charge is 0.368 e. The van der Waals surface area contributed by atoms with Crippen molar-refractivity contribution >= 4 is 22.7 Å². The first kappa shape index (κ1) is 21.7. The van der Waals surface area contributed by atoms with Gasteiger partial charge in [0.2, 0.25) is 11.8 Å². The normalized spacial score (nSPS) is 12.1. The lowest BCUT2D eigenvalue weighted by Crippen LogP contribution is -2.50. The second-order valence-electron chi connectivity index (χ2n) is 4.82. The molecule has 24 heavy (non-hydrogen) atoms. The molecule has 6 heteroatoms. The first-order valence-electron chi connectivity index (χ1n) is 8.39. The van der Waals surface area contributed by atoms with Crippen LogP contribution in [0.3, 0.4) is 0 Å². The van der Waals surface area contributed by atoms with Gasteiger partial charge >= 0.3 is 0 Å². The number of carbonyl (C=O) groups excluding carboxylic acids is 2. The van der Waals surface area contributed by atoms with E-state index in [1.807, 2.05) is 58.2 Å². The number of nitrogens with two attached hydrogens (primary N) is 2. The molecule has 0 aliphatic heterocycles. The van der Waals surface area contributed by atoms with Crippen LogP contribution in [0.15, 0.2) is 30.5 Å². The molecule has 2 rings (SSSR count). The van der Waals surface area contributed by atoms with E-state index >= 15 is 0 Å². The zero-order valence-electron chi connectivity index (χ0n) is 15.2. The van der Waals surface area contributed by atoms with Gasteiger partial charge in [-0.05, 0) is 18.6 Å². The molecule has 0 spiro atoms. The van der Waals surface area contributed by atoms with Crippen molar-refractivity contribution in [1.29, 1.82) is 0 Å². The fourth-order valence-electron chi connectivity index (χ4n) is 2.05. The number of hydrogen-bond donors (Lipinski definition) is 4. The lowest BCUT2D eigenvalue weighted by molar-refractivity contribution is -0.127. The molecule has 2 amide bonds. The molecule has 1 aromatic heterocycles. The third kappa shape index (κ3) is 6.04. The van der Waals surface area contributed by atoms with Crippen LogP contribution in [-0.4, -0.2) is 28.9 Å². The van der Waals surface area contributed by atoms with Gasteiger partial charge in [0.25, 0.3) is 0 Å². The van der Waals surface area contributed by atoms with E-state index in [1.54, 1.807) is 6.92 Å². The predicted molar refractivity (Wildman–Crippen MR) is 99.5 cm³/mol. The third-order valence-corrected chi connectivity index (χ3v) is 3.17. The smallest absolute Gasteiger partial charge is 0.240 e. The van der Waals surface area contributed by atoms with Crippen LogP contribution < -0.4 is 16.8 Å². The maximum absolute atomic E-state index is 11.6. The van der Waals surface area contributed by atoms with E-state index in [0.717, 1.165) is 16.5 Å². The lowest BCUT2D eigenvalue weighted by Gasteiger charge is -2.16. The van der Waals surface area contributed by atoms with Crippen molar-refractivity contribution < 1.29 is 9.59 Å². The Morgan fingerprint density at radius 1 is 1.17 bits per heavy atom. The number of benzene rings is 1. The summed E-state index contributed by atoms with van der Waals surface area (Å²) in [5.74, 6) is -0.974. The van der Waals surface area contributed by atoms with E-state index < -0.39 is 23.9 Å². The molecule has 0 aliphatic carbocycles. The Balaban J connectivity index is 0.00000123. The highest BCUT2D eigenvalue weighted by atomic mass is 16.2. The minimum absolute atomic E-state index is 0.331. The summed E-state index contributed by atoms with van der Waals surface area (Å²) in [6, 6.07) is 6.28. The Bertz CT molecular complexity index is 635. The Morgan fingerprint density at radius 2 is 1.75 bits per heavy atom. The molecule has 0 radical (unpaired) electrons. The molecule has 6 nitrogen and oxygen atoms in total. The molecule has 134 valence electrons. The number of carbonyl (C=O) groups is 2. The summed E-state index contributed by atoms with van der Waals surface area (Å²) in [6.45, 7) is 9.55. The number of aromatic amines is 1. The molecular weight excluding hydrogens is 304 g/mol. The molecule has 0 fully saturated rings. The molecule has 0 bridgehead atoms. The highest BCUT2D eigenvalue weighted by Crippen LogP contribution is 2.19. The average molecular weight is 334 g/mol. The fourth-order valence-corrected chi connectivity index (χ4v) is 2.05. The van der Waals surface area contributed by atoms with Crippen LogP contribution in [0.5, 0.6) is 0 Å². The van der Waals surface area contributed by atoms with Gasteiger partial charge in [0.15, 0.2) is 0 Å². The van der Waals surface area contributed by atoms with Crippen LogP contribution in [0, 0.1) is 0 Å². The van der Waals surface area contributed by atoms with Crippen LogP contribution in [0.25, 0.3) is 10.9 Å². The maximum Gasteiger partial charge on any atom is 0.240 e. The first-order valence-corrected chi connectivity index (χ1v) is 8.39. The van der Waals surface area contributed by atoms with E-state index in [2.05, 4.69) is 10.3 Å². The van der Waals surface area contributed by atoms with E-state index in [1.165, 1.54) is 0 Å². The molecule has 6 N–H and O–H groups in total. The summed E-state index contributed by atoms with van der Waals surface area (Å²) in [5.41, 5.74) is 12.7. The van der Waals surface area contributed by atoms with E-state index in [4.69, 9.17) is 11.5 Å². The molecule has 0 saturated heterocycles. The number of amides is 2. The van der Waals surface area contributed by atoms with Gasteiger partial charge in [0.05, 0.1) is 6.04 Å². The number of para-hydroxylation sites is 1. The Morgan fingerprint density at radius 3 is 2.29 bits per heavy atom. The SMILES string of the molecule is CC.CC.C[C@H](N)C(=O)N[C@@H](Cc1c[nH]c2ccccc12)C(N)=O. The molecule has 0 unspecified atom stereocenters. The third-order valence-electron chi connectivity index (χ3n) is 3.17. The number of primary amides is 1. The monoisotopic (exact) mass is 334 g/mol. The van der Waals surface area contributed by atoms with Crippen molar-refractivity contribution in [3.8, 4) is 0 Å². The average Bonchev–Trinajstić information content (AvgIpc) is 3.00. The van der Waals surface area contributed by atoms with Crippen molar-refractivity contribution in [2.24, 2.45) is 11.5 Å². The minimum Gasteiger partial charge on any atom is -0.368 e. The fraction of sp³-hybridized carbons (Fsp3) is 0.444. The van der Waals surface area contributed by atoms with Crippen LogP contribution >= 0.6 is 0 Å².